The van der Waals surface area contributed by atoms with Crippen LogP contribution in [0.15, 0.2) is 0 Å². The summed E-state index contributed by atoms with van der Waals surface area (Å²) in [6, 6.07) is 0.00565. The summed E-state index contributed by atoms with van der Waals surface area (Å²) in [6.07, 6.45) is -0.256. The second-order valence-corrected chi connectivity index (χ2v) is 3.95. The highest BCUT2D eigenvalue weighted by molar-refractivity contribution is 5.74. The van der Waals surface area contributed by atoms with E-state index in [2.05, 4.69) is 0 Å². The number of hydrogen-bond donors (Lipinski definition) is 1. The number of nitrogens with zero attached hydrogens (tertiary/aromatic N) is 2. The average molecular weight is 216 g/mol. The molecule has 1 rings (SSSR count). The maximum absolute atomic E-state index is 11.9. The third-order valence-corrected chi connectivity index (χ3v) is 2.60. The monoisotopic (exact) mass is 216 g/mol. The number of ether oxygens (including phenoxy) is 1. The summed E-state index contributed by atoms with van der Waals surface area (Å²) in [6.45, 7) is 5.57. The first-order valence-electron chi connectivity index (χ1n) is 5.34. The van der Waals surface area contributed by atoms with Crippen molar-refractivity contribution in [1.29, 1.82) is 0 Å². The summed E-state index contributed by atoms with van der Waals surface area (Å²) in [7, 11) is 1.77. The van der Waals surface area contributed by atoms with Gasteiger partial charge >= 0.3 is 6.03 Å². The Bertz CT molecular complexity index is 223. The predicted octanol–water partition coefficient (Wildman–Crippen LogP) is 0.140. The third kappa shape index (κ3) is 3.07. The zero-order valence-corrected chi connectivity index (χ0v) is 9.64. The molecule has 1 aliphatic rings. The van der Waals surface area contributed by atoms with Gasteiger partial charge in [-0.1, -0.05) is 0 Å². The minimum absolute atomic E-state index is 0.00565. The van der Waals surface area contributed by atoms with Crippen LogP contribution in [0, 0.1) is 0 Å². The minimum atomic E-state index is -0.247. The van der Waals surface area contributed by atoms with E-state index < -0.39 is 0 Å². The molecule has 0 aliphatic carbocycles. The van der Waals surface area contributed by atoms with Gasteiger partial charge in [-0.05, 0) is 13.8 Å². The normalized spacial score (nSPS) is 26.5. The molecule has 88 valence electrons. The van der Waals surface area contributed by atoms with Gasteiger partial charge in [-0.15, -0.1) is 0 Å². The lowest BCUT2D eigenvalue weighted by Gasteiger charge is -2.37. The smallest absolute Gasteiger partial charge is 0.319 e. The molecule has 1 N–H and O–H groups in total. The van der Waals surface area contributed by atoms with Gasteiger partial charge in [0.1, 0.15) is 0 Å². The van der Waals surface area contributed by atoms with E-state index in [0.29, 0.717) is 19.6 Å². The summed E-state index contributed by atoms with van der Waals surface area (Å²) < 4.78 is 5.47. The molecular weight excluding hydrogens is 196 g/mol. The molecule has 2 unspecified atom stereocenters. The van der Waals surface area contributed by atoms with Crippen molar-refractivity contribution >= 4 is 6.03 Å². The van der Waals surface area contributed by atoms with E-state index in [1.54, 1.807) is 16.8 Å². The van der Waals surface area contributed by atoms with Gasteiger partial charge in [0.15, 0.2) is 0 Å². The second-order valence-electron chi connectivity index (χ2n) is 3.95. The van der Waals surface area contributed by atoms with Crippen LogP contribution in [0.2, 0.25) is 0 Å². The predicted molar refractivity (Wildman–Crippen MR) is 56.7 cm³/mol. The fourth-order valence-electron chi connectivity index (χ4n) is 1.68. The van der Waals surface area contributed by atoms with Gasteiger partial charge in [-0.2, -0.15) is 0 Å². The van der Waals surface area contributed by atoms with E-state index in [4.69, 9.17) is 9.84 Å². The highest BCUT2D eigenvalue weighted by Crippen LogP contribution is 2.12. The van der Waals surface area contributed by atoms with Gasteiger partial charge in [0, 0.05) is 20.1 Å². The van der Waals surface area contributed by atoms with Crippen LogP contribution in [0.4, 0.5) is 4.79 Å². The highest BCUT2D eigenvalue weighted by Gasteiger charge is 2.28. The fourth-order valence-corrected chi connectivity index (χ4v) is 1.68. The number of morpholine rings is 1. The average Bonchev–Trinajstić information content (AvgIpc) is 2.26. The van der Waals surface area contributed by atoms with E-state index in [0.717, 1.165) is 0 Å². The van der Waals surface area contributed by atoms with E-state index in [1.165, 1.54) is 0 Å². The molecule has 0 aromatic rings. The lowest BCUT2D eigenvalue weighted by molar-refractivity contribution is -0.0855. The molecular formula is C10H20N2O3. The van der Waals surface area contributed by atoms with E-state index in [-0.39, 0.29) is 24.8 Å². The number of urea groups is 1. The molecule has 1 saturated heterocycles. The van der Waals surface area contributed by atoms with Crippen molar-refractivity contribution in [3.05, 3.63) is 0 Å². The summed E-state index contributed by atoms with van der Waals surface area (Å²) in [5.41, 5.74) is 0. The Morgan fingerprint density at radius 1 is 1.60 bits per heavy atom. The largest absolute Gasteiger partial charge is 0.394 e. The van der Waals surface area contributed by atoms with Gasteiger partial charge < -0.3 is 19.6 Å². The molecule has 1 heterocycles. The van der Waals surface area contributed by atoms with E-state index in [9.17, 15) is 4.79 Å². The minimum Gasteiger partial charge on any atom is -0.394 e. The number of carbonyl (C=O) groups is 1. The zero-order chi connectivity index (χ0) is 11.4. The van der Waals surface area contributed by atoms with Crippen molar-refractivity contribution in [3.63, 3.8) is 0 Å². The first kappa shape index (κ1) is 12.3. The van der Waals surface area contributed by atoms with E-state index >= 15 is 0 Å². The van der Waals surface area contributed by atoms with Crippen molar-refractivity contribution in [2.45, 2.75) is 26.1 Å². The molecule has 0 aromatic carbocycles. The maximum atomic E-state index is 11.9. The standard InChI is InChI=1S/C10H20N2O3/c1-4-11(3)10(14)12-5-8(2)15-9(6-12)7-13/h8-9,13H,4-7H2,1-3H3. The number of rotatable bonds is 2. The van der Waals surface area contributed by atoms with Gasteiger partial charge in [0.2, 0.25) is 0 Å². The summed E-state index contributed by atoms with van der Waals surface area (Å²) in [5, 5.41) is 9.03. The molecule has 1 fully saturated rings. The van der Waals surface area contributed by atoms with Crippen LogP contribution in [0.25, 0.3) is 0 Å². The number of aliphatic hydroxyl groups is 1. The molecule has 1 aliphatic heterocycles. The van der Waals surface area contributed by atoms with Crippen LogP contribution in [0.5, 0.6) is 0 Å². The first-order valence-corrected chi connectivity index (χ1v) is 5.34. The van der Waals surface area contributed by atoms with Crippen LogP contribution in [0.1, 0.15) is 13.8 Å². The Kier molecular flexibility index (Phi) is 4.35. The molecule has 2 atom stereocenters. The van der Waals surface area contributed by atoms with Crippen LogP contribution in [-0.4, -0.2) is 66.4 Å². The molecule has 0 radical (unpaired) electrons. The zero-order valence-electron chi connectivity index (χ0n) is 9.64. The molecule has 0 bridgehead atoms. The number of amides is 2. The topological polar surface area (TPSA) is 53.0 Å². The Morgan fingerprint density at radius 3 is 2.80 bits per heavy atom. The summed E-state index contributed by atoms with van der Waals surface area (Å²) in [4.78, 5) is 15.2. The quantitative estimate of drug-likeness (QED) is 0.714. The molecule has 5 nitrogen and oxygen atoms in total. The van der Waals surface area contributed by atoms with Crippen molar-refractivity contribution in [2.75, 3.05) is 33.3 Å². The summed E-state index contributed by atoms with van der Waals surface area (Å²) >= 11 is 0. The van der Waals surface area contributed by atoms with Gasteiger partial charge in [0.05, 0.1) is 25.4 Å². The van der Waals surface area contributed by atoms with Gasteiger partial charge in [-0.25, -0.2) is 4.79 Å². The van der Waals surface area contributed by atoms with Gasteiger partial charge in [0.25, 0.3) is 0 Å². The molecule has 15 heavy (non-hydrogen) atoms. The first-order chi connectivity index (χ1) is 7.08. The lowest BCUT2D eigenvalue weighted by Crippen LogP contribution is -2.53. The Morgan fingerprint density at radius 2 is 2.27 bits per heavy atom. The number of hydrogen-bond acceptors (Lipinski definition) is 3. The van der Waals surface area contributed by atoms with Crippen molar-refractivity contribution < 1.29 is 14.6 Å². The molecule has 0 saturated carbocycles. The maximum Gasteiger partial charge on any atom is 0.319 e. The Balaban J connectivity index is 2.57. The third-order valence-electron chi connectivity index (χ3n) is 2.60. The van der Waals surface area contributed by atoms with Crippen molar-refractivity contribution in [3.8, 4) is 0 Å². The SMILES string of the molecule is CCN(C)C(=O)N1CC(C)OC(CO)C1. The molecule has 5 heteroatoms. The number of carbonyl (C=O) groups excluding carboxylic acids is 1. The van der Waals surface area contributed by atoms with Gasteiger partial charge in [-0.3, -0.25) is 0 Å². The molecule has 0 spiro atoms. The molecule has 0 aromatic heterocycles. The van der Waals surface area contributed by atoms with Crippen molar-refractivity contribution in [2.24, 2.45) is 0 Å². The van der Waals surface area contributed by atoms with E-state index in [1.807, 2.05) is 13.8 Å². The Hall–Kier alpha value is -0.810. The lowest BCUT2D eigenvalue weighted by atomic mass is 10.2. The van der Waals surface area contributed by atoms with Crippen LogP contribution in [-0.2, 0) is 4.74 Å². The Labute approximate surface area is 90.6 Å². The van der Waals surface area contributed by atoms with Crippen LogP contribution in [0.3, 0.4) is 0 Å². The van der Waals surface area contributed by atoms with Crippen LogP contribution < -0.4 is 0 Å². The second kappa shape index (κ2) is 5.32. The molecule has 2 amide bonds. The fraction of sp³-hybridized carbons (Fsp3) is 0.900. The summed E-state index contributed by atoms with van der Waals surface area (Å²) in [5.74, 6) is 0. The van der Waals surface area contributed by atoms with Crippen molar-refractivity contribution in [1.82, 2.24) is 9.80 Å². The number of aliphatic hydroxyl groups excluding tert-OH is 1. The van der Waals surface area contributed by atoms with Crippen LogP contribution >= 0.6 is 0 Å². The highest BCUT2D eigenvalue weighted by atomic mass is 16.5.